The lowest BCUT2D eigenvalue weighted by molar-refractivity contribution is -0.131. The zero-order valence-electron chi connectivity index (χ0n) is 11.0. The molecule has 0 aliphatic carbocycles. The summed E-state index contributed by atoms with van der Waals surface area (Å²) in [5.41, 5.74) is 3.51. The summed E-state index contributed by atoms with van der Waals surface area (Å²) in [4.78, 5) is 10.7. The molecule has 0 saturated carbocycles. The SMILES string of the molecule is Cl.O=C(O)C=Cc1ccccc1-c1n[nH]c2ccccc12. The number of fused-ring (bicyclic) bond motifs is 1. The van der Waals surface area contributed by atoms with Gasteiger partial charge in [0.2, 0.25) is 0 Å². The van der Waals surface area contributed by atoms with Crippen molar-refractivity contribution in [2.45, 2.75) is 0 Å². The molecule has 5 heteroatoms. The van der Waals surface area contributed by atoms with Gasteiger partial charge in [-0.3, -0.25) is 5.10 Å². The van der Waals surface area contributed by atoms with Gasteiger partial charge in [0.15, 0.2) is 0 Å². The van der Waals surface area contributed by atoms with Crippen LogP contribution >= 0.6 is 12.4 Å². The van der Waals surface area contributed by atoms with Gasteiger partial charge in [-0.2, -0.15) is 5.10 Å². The minimum absolute atomic E-state index is 0. The number of hydrogen-bond acceptors (Lipinski definition) is 2. The Bertz CT molecular complexity index is 809. The number of nitrogens with zero attached hydrogens (tertiary/aromatic N) is 1. The molecular formula is C16H13ClN2O2. The van der Waals surface area contributed by atoms with Gasteiger partial charge in [0.05, 0.1) is 5.52 Å². The highest BCUT2D eigenvalue weighted by Gasteiger charge is 2.10. The molecule has 0 bridgehead atoms. The maximum absolute atomic E-state index is 10.7. The second-order valence-corrected chi connectivity index (χ2v) is 4.38. The molecule has 0 unspecified atom stereocenters. The molecule has 0 aliphatic heterocycles. The number of rotatable bonds is 3. The maximum Gasteiger partial charge on any atom is 0.328 e. The van der Waals surface area contributed by atoms with Crippen molar-refractivity contribution < 1.29 is 9.90 Å². The highest BCUT2D eigenvalue weighted by Crippen LogP contribution is 2.29. The number of carbonyl (C=O) groups is 1. The molecule has 0 fully saturated rings. The number of aromatic amines is 1. The largest absolute Gasteiger partial charge is 0.478 e. The van der Waals surface area contributed by atoms with Gasteiger partial charge in [-0.1, -0.05) is 42.5 Å². The van der Waals surface area contributed by atoms with Gasteiger partial charge in [0.25, 0.3) is 0 Å². The number of aromatic nitrogens is 2. The van der Waals surface area contributed by atoms with Crippen molar-refractivity contribution in [1.82, 2.24) is 10.2 Å². The molecule has 2 N–H and O–H groups in total. The highest BCUT2D eigenvalue weighted by atomic mass is 35.5. The van der Waals surface area contributed by atoms with E-state index in [0.717, 1.165) is 33.8 Å². The summed E-state index contributed by atoms with van der Waals surface area (Å²) in [5, 5.41) is 17.1. The van der Waals surface area contributed by atoms with Gasteiger partial charge >= 0.3 is 5.97 Å². The van der Waals surface area contributed by atoms with Crippen LogP contribution in [0.15, 0.2) is 54.6 Å². The van der Waals surface area contributed by atoms with Crippen LogP contribution in [0, 0.1) is 0 Å². The lowest BCUT2D eigenvalue weighted by Gasteiger charge is -2.03. The van der Waals surface area contributed by atoms with Crippen LogP contribution in [0.25, 0.3) is 28.2 Å². The molecule has 0 saturated heterocycles. The van der Waals surface area contributed by atoms with Crippen molar-refractivity contribution >= 4 is 35.4 Å². The summed E-state index contributed by atoms with van der Waals surface area (Å²) in [7, 11) is 0. The van der Waals surface area contributed by atoms with Crippen molar-refractivity contribution in [2.24, 2.45) is 0 Å². The zero-order valence-corrected chi connectivity index (χ0v) is 11.8. The van der Waals surface area contributed by atoms with Crippen LogP contribution in [0.3, 0.4) is 0 Å². The zero-order chi connectivity index (χ0) is 13.9. The lowest BCUT2D eigenvalue weighted by atomic mass is 10.0. The van der Waals surface area contributed by atoms with E-state index in [-0.39, 0.29) is 12.4 Å². The van der Waals surface area contributed by atoms with Crippen molar-refractivity contribution in [2.75, 3.05) is 0 Å². The van der Waals surface area contributed by atoms with Crippen molar-refractivity contribution in [3.05, 3.63) is 60.2 Å². The van der Waals surface area contributed by atoms with Gasteiger partial charge < -0.3 is 5.11 Å². The van der Waals surface area contributed by atoms with E-state index in [1.54, 1.807) is 6.08 Å². The number of benzene rings is 2. The van der Waals surface area contributed by atoms with Crippen LogP contribution in [-0.2, 0) is 4.79 Å². The molecule has 1 aromatic heterocycles. The maximum atomic E-state index is 10.7. The van der Waals surface area contributed by atoms with Gasteiger partial charge in [0, 0.05) is 17.0 Å². The van der Waals surface area contributed by atoms with Gasteiger partial charge in [-0.05, 0) is 17.7 Å². The number of carboxylic acid groups (broad SMARTS) is 1. The molecule has 21 heavy (non-hydrogen) atoms. The Labute approximate surface area is 127 Å². The predicted octanol–water partition coefficient (Wildman–Crippen LogP) is 3.75. The molecule has 2 aromatic carbocycles. The summed E-state index contributed by atoms with van der Waals surface area (Å²) >= 11 is 0. The molecule has 0 spiro atoms. The molecule has 106 valence electrons. The Morgan fingerprint density at radius 2 is 1.81 bits per heavy atom. The Kier molecular flexibility index (Phi) is 4.40. The predicted molar refractivity (Wildman–Crippen MR) is 85.4 cm³/mol. The van der Waals surface area contributed by atoms with E-state index in [2.05, 4.69) is 10.2 Å². The Hall–Kier alpha value is -2.59. The Morgan fingerprint density at radius 3 is 2.62 bits per heavy atom. The van der Waals surface area contributed by atoms with E-state index in [1.165, 1.54) is 0 Å². The number of aliphatic carboxylic acids is 1. The molecule has 0 atom stereocenters. The number of nitrogens with one attached hydrogen (secondary N) is 1. The van der Waals surface area contributed by atoms with Crippen molar-refractivity contribution in [3.63, 3.8) is 0 Å². The fourth-order valence-electron chi connectivity index (χ4n) is 2.19. The van der Waals surface area contributed by atoms with Gasteiger partial charge in [-0.15, -0.1) is 12.4 Å². The second kappa shape index (κ2) is 6.24. The fourth-order valence-corrected chi connectivity index (χ4v) is 2.19. The van der Waals surface area contributed by atoms with E-state index in [1.807, 2.05) is 48.5 Å². The van der Waals surface area contributed by atoms with Crippen LogP contribution in [-0.4, -0.2) is 21.3 Å². The summed E-state index contributed by atoms with van der Waals surface area (Å²) in [5.74, 6) is -0.966. The van der Waals surface area contributed by atoms with Crippen LogP contribution in [0.5, 0.6) is 0 Å². The van der Waals surface area contributed by atoms with E-state index in [4.69, 9.17) is 5.11 Å². The summed E-state index contributed by atoms with van der Waals surface area (Å²) in [6.07, 6.45) is 2.72. The van der Waals surface area contributed by atoms with Crippen molar-refractivity contribution in [3.8, 4) is 11.3 Å². The molecule has 3 rings (SSSR count). The molecule has 1 heterocycles. The van der Waals surface area contributed by atoms with Crippen LogP contribution in [0.1, 0.15) is 5.56 Å². The molecule has 3 aromatic rings. The number of hydrogen-bond donors (Lipinski definition) is 2. The number of carboxylic acids is 1. The normalized spacial score (nSPS) is 10.7. The third-order valence-corrected chi connectivity index (χ3v) is 3.09. The monoisotopic (exact) mass is 300 g/mol. The first-order chi connectivity index (χ1) is 9.75. The highest BCUT2D eigenvalue weighted by molar-refractivity contribution is 5.96. The summed E-state index contributed by atoms with van der Waals surface area (Å²) in [6, 6.07) is 15.4. The third-order valence-electron chi connectivity index (χ3n) is 3.09. The first kappa shape index (κ1) is 14.8. The first-order valence-corrected chi connectivity index (χ1v) is 6.19. The fraction of sp³-hybridized carbons (Fsp3) is 0. The number of H-pyrrole nitrogens is 1. The van der Waals surface area contributed by atoms with Crippen LogP contribution in [0.4, 0.5) is 0 Å². The smallest absolute Gasteiger partial charge is 0.328 e. The number of halogens is 1. The van der Waals surface area contributed by atoms with Crippen LogP contribution < -0.4 is 0 Å². The summed E-state index contributed by atoms with van der Waals surface area (Å²) in [6.45, 7) is 0. The van der Waals surface area contributed by atoms with Crippen LogP contribution in [0.2, 0.25) is 0 Å². The van der Waals surface area contributed by atoms with E-state index in [9.17, 15) is 4.79 Å². The van der Waals surface area contributed by atoms with E-state index in [0.29, 0.717) is 0 Å². The average Bonchev–Trinajstić information content (AvgIpc) is 2.89. The molecule has 0 aliphatic rings. The minimum atomic E-state index is -0.966. The van der Waals surface area contributed by atoms with Gasteiger partial charge in [0.1, 0.15) is 5.69 Å². The quantitative estimate of drug-likeness (QED) is 0.724. The second-order valence-electron chi connectivity index (χ2n) is 4.38. The standard InChI is InChI=1S/C16H12N2O2.ClH/c19-15(20)10-9-11-5-1-2-6-12(11)16-13-7-3-4-8-14(13)17-18-16;/h1-10H,(H,17,18)(H,19,20);1H. The van der Waals surface area contributed by atoms with Crippen molar-refractivity contribution in [1.29, 1.82) is 0 Å². The average molecular weight is 301 g/mol. The van der Waals surface area contributed by atoms with E-state index < -0.39 is 5.97 Å². The third kappa shape index (κ3) is 2.95. The molecule has 0 radical (unpaired) electrons. The lowest BCUT2D eigenvalue weighted by Crippen LogP contribution is -1.88. The minimum Gasteiger partial charge on any atom is -0.478 e. The topological polar surface area (TPSA) is 66.0 Å². The first-order valence-electron chi connectivity index (χ1n) is 6.19. The van der Waals surface area contributed by atoms with Gasteiger partial charge in [-0.25, -0.2) is 4.79 Å². The molecule has 0 amide bonds. The molecular weight excluding hydrogens is 288 g/mol. The Balaban J connectivity index is 0.00000161. The van der Waals surface area contributed by atoms with E-state index >= 15 is 0 Å². The summed E-state index contributed by atoms with van der Waals surface area (Å²) < 4.78 is 0. The number of para-hydroxylation sites is 1. The Morgan fingerprint density at radius 1 is 1.10 bits per heavy atom. The molecule has 4 nitrogen and oxygen atoms in total.